The van der Waals surface area contributed by atoms with Gasteiger partial charge in [0.1, 0.15) is 12.2 Å². The van der Waals surface area contributed by atoms with Gasteiger partial charge in [0.15, 0.2) is 0 Å². The summed E-state index contributed by atoms with van der Waals surface area (Å²) in [5.41, 5.74) is -0.286. The van der Waals surface area contributed by atoms with Crippen molar-refractivity contribution in [2.24, 2.45) is 46.3 Å². The number of carboxylic acid groups (broad SMARTS) is 1. The number of rotatable bonds is 8. The van der Waals surface area contributed by atoms with E-state index in [1.807, 2.05) is 0 Å². The van der Waals surface area contributed by atoms with Gasteiger partial charge < -0.3 is 19.0 Å². The molecule has 10 atom stereocenters. The maximum Gasteiger partial charge on any atom is 1.00 e. The molecule has 4 fully saturated rings. The van der Waals surface area contributed by atoms with Crippen molar-refractivity contribution in [1.29, 1.82) is 0 Å². The van der Waals surface area contributed by atoms with Crippen molar-refractivity contribution in [3.8, 4) is 0 Å². The van der Waals surface area contributed by atoms with Gasteiger partial charge in [0.2, 0.25) is 20.8 Å². The van der Waals surface area contributed by atoms with Crippen molar-refractivity contribution >= 4 is 26.8 Å². The first-order valence-electron chi connectivity index (χ1n) is 13.0. The average Bonchev–Trinajstić information content (AvgIpc) is 3.08. The van der Waals surface area contributed by atoms with Gasteiger partial charge in [0, 0.05) is 5.97 Å². The van der Waals surface area contributed by atoms with Crippen LogP contribution in [-0.4, -0.2) is 44.1 Å². The van der Waals surface area contributed by atoms with Gasteiger partial charge >= 0.3 is 88.7 Å². The van der Waals surface area contributed by atoms with Crippen molar-refractivity contribution in [3.05, 3.63) is 0 Å². The van der Waals surface area contributed by atoms with E-state index in [2.05, 4.69) is 25.0 Å². The molecule has 0 amide bonds. The third-order valence-corrected chi connectivity index (χ3v) is 11.7. The molecule has 208 valence electrons. The van der Waals surface area contributed by atoms with Crippen LogP contribution in [0, 0.1) is 46.3 Å². The molecular weight excluding hydrogens is 581 g/mol. The van der Waals surface area contributed by atoms with Crippen molar-refractivity contribution in [3.63, 3.8) is 0 Å². The maximum atomic E-state index is 11.4. The van der Waals surface area contributed by atoms with E-state index in [0.29, 0.717) is 24.2 Å². The first-order chi connectivity index (χ1) is 16.5. The molecule has 0 saturated heterocycles. The van der Waals surface area contributed by atoms with Gasteiger partial charge in [-0.3, -0.25) is 8.37 Å². The minimum absolute atomic E-state index is 0. The molecule has 4 aliphatic carbocycles. The topological polar surface area (TPSA) is 173 Å². The third-order valence-electron chi connectivity index (χ3n) is 10.7. The van der Waals surface area contributed by atoms with Crippen molar-refractivity contribution in [1.82, 2.24) is 0 Å². The Hall–Kier alpha value is 2.21. The van der Waals surface area contributed by atoms with Gasteiger partial charge in [0.25, 0.3) is 0 Å². The molecule has 4 saturated carbocycles. The molecule has 4 aliphatic rings. The Bertz CT molecular complexity index is 1070. The predicted molar refractivity (Wildman–Crippen MR) is 123 cm³/mol. The van der Waals surface area contributed by atoms with Crippen LogP contribution < -0.4 is 93.8 Å². The monoisotopic (exact) mass is 618 g/mol. The van der Waals surface area contributed by atoms with E-state index in [0.717, 1.165) is 38.5 Å². The number of hydrogen-bond acceptors (Lipinski definition) is 10. The molecule has 0 heterocycles. The molecule has 15 heteroatoms. The van der Waals surface area contributed by atoms with Gasteiger partial charge in [-0.15, -0.1) is 0 Å². The summed E-state index contributed by atoms with van der Waals surface area (Å²) in [6, 6.07) is 0. The van der Waals surface area contributed by atoms with Crippen LogP contribution >= 0.6 is 0 Å². The summed E-state index contributed by atoms with van der Waals surface area (Å²) in [6.45, 7) is 6.57. The summed E-state index contributed by atoms with van der Waals surface area (Å²) < 4.78 is 77.7. The van der Waals surface area contributed by atoms with Crippen LogP contribution in [0.3, 0.4) is 0 Å². The number of hydrogen-bond donors (Lipinski definition) is 0. The summed E-state index contributed by atoms with van der Waals surface area (Å²) in [4.78, 5) is 11.0. The van der Waals surface area contributed by atoms with Crippen LogP contribution in [0.2, 0.25) is 0 Å². The van der Waals surface area contributed by atoms with Gasteiger partial charge in [-0.25, -0.2) is 16.8 Å². The molecule has 0 aromatic carbocycles. The zero-order chi connectivity index (χ0) is 26.7. The van der Waals surface area contributed by atoms with Crippen molar-refractivity contribution < 1.29 is 133 Å². The van der Waals surface area contributed by atoms with Gasteiger partial charge in [-0.05, 0) is 111 Å². The van der Waals surface area contributed by atoms with E-state index in [-0.39, 0.29) is 137 Å². The molecule has 4 rings (SSSR count). The van der Waals surface area contributed by atoms with Crippen LogP contribution in [0.5, 0.6) is 0 Å². The van der Waals surface area contributed by atoms with E-state index in [4.69, 9.17) is 4.18 Å². The van der Waals surface area contributed by atoms with Gasteiger partial charge in [0.05, 0.1) is 0 Å². The normalized spacial score (nSPS) is 40.4. The SMILES string of the molecule is C[C@H](CCC(=O)[O-])[C@H]1CC[C@H]2[C@@H]3CC[C@H]4C[C@H](OS(=O)(=O)[O-])[C@@H](OS(=O)(=O)[O-])C[C@]4(C)[C@H]3CC[C@]12C.[Na+].[Na+].[Na+]. The van der Waals surface area contributed by atoms with Crippen molar-refractivity contribution in [2.75, 3.05) is 0 Å². The van der Waals surface area contributed by atoms with Crippen LogP contribution in [0.4, 0.5) is 0 Å². The van der Waals surface area contributed by atoms with E-state index in [1.165, 1.54) is 0 Å². The Morgan fingerprint density at radius 3 is 2.00 bits per heavy atom. The first-order valence-corrected chi connectivity index (χ1v) is 15.7. The first kappa shape index (κ1) is 39.2. The molecule has 0 N–H and O–H groups in total. The molecule has 0 radical (unpaired) electrons. The molecule has 0 bridgehead atoms. The molecular formula is C24H37Na3O10S2. The second-order valence-electron chi connectivity index (χ2n) is 12.3. The van der Waals surface area contributed by atoms with Crippen LogP contribution in [0.25, 0.3) is 0 Å². The molecule has 10 nitrogen and oxygen atoms in total. The van der Waals surface area contributed by atoms with E-state index < -0.39 is 39.0 Å². The molecule has 0 aromatic rings. The molecule has 0 spiro atoms. The Balaban J connectivity index is 0.00000253. The quantitative estimate of drug-likeness (QED) is 0.145. The zero-order valence-corrected chi connectivity index (χ0v) is 31.7. The van der Waals surface area contributed by atoms with E-state index >= 15 is 0 Å². The predicted octanol–water partition coefficient (Wildman–Crippen LogP) is -6.88. The summed E-state index contributed by atoms with van der Waals surface area (Å²) in [7, 11) is -10.2. The minimum Gasteiger partial charge on any atom is -0.726 e. The Labute approximate surface area is 299 Å². The van der Waals surface area contributed by atoms with Crippen molar-refractivity contribution in [2.45, 2.75) is 97.2 Å². The Morgan fingerprint density at radius 2 is 1.44 bits per heavy atom. The number of aliphatic carboxylic acids is 1. The number of carbonyl (C=O) groups excluding carboxylic acids is 1. The number of fused-ring (bicyclic) bond motifs is 5. The summed E-state index contributed by atoms with van der Waals surface area (Å²) >= 11 is 0. The smallest absolute Gasteiger partial charge is 0.726 e. The second kappa shape index (κ2) is 14.5. The van der Waals surface area contributed by atoms with Crippen LogP contribution in [-0.2, 0) is 34.0 Å². The molecule has 0 aromatic heterocycles. The fourth-order valence-electron chi connectivity index (χ4n) is 9.26. The van der Waals surface area contributed by atoms with Crippen LogP contribution in [0.15, 0.2) is 0 Å². The zero-order valence-electron chi connectivity index (χ0n) is 24.1. The summed E-state index contributed by atoms with van der Waals surface area (Å²) in [5.74, 6) is 0.818. The standard InChI is InChI=1S/C24H40O10S2.3Na/c1-14(4-9-22(25)26)17-7-8-18-16-6-5-15-12-20(33-35(27,28)29)21(34-36(30,31)32)13-24(15,3)19(16)10-11-23(17,18)2;;;/h14-21H,4-13H2,1-3H3,(H,25,26)(H,27,28,29)(H,30,31,32);;;/q;3*+1/p-3/t14-,15+,16+,17-,18+,19+,20+,21+,23-,24+;;;/m1.../s1. The summed E-state index contributed by atoms with van der Waals surface area (Å²) in [6.07, 6.45) is 4.07. The minimum atomic E-state index is -5.13. The molecule has 0 aliphatic heterocycles. The molecule has 0 unspecified atom stereocenters. The second-order valence-corrected chi connectivity index (χ2v) is 14.3. The van der Waals surface area contributed by atoms with E-state index in [1.54, 1.807) is 0 Å². The fraction of sp³-hybridized carbons (Fsp3) is 0.958. The third kappa shape index (κ3) is 8.69. The maximum absolute atomic E-state index is 11.4. The Kier molecular flexibility index (Phi) is 14.6. The number of carbonyl (C=O) groups is 1. The largest absolute Gasteiger partial charge is 1.00 e. The van der Waals surface area contributed by atoms with Crippen LogP contribution in [0.1, 0.15) is 85.0 Å². The fourth-order valence-corrected chi connectivity index (χ4v) is 10.3. The van der Waals surface area contributed by atoms with Gasteiger partial charge in [-0.2, -0.15) is 0 Å². The molecule has 39 heavy (non-hydrogen) atoms. The number of carboxylic acids is 1. The Morgan fingerprint density at radius 1 is 0.872 bits per heavy atom. The van der Waals surface area contributed by atoms with Gasteiger partial charge in [-0.1, -0.05) is 20.8 Å². The average molecular weight is 619 g/mol. The van der Waals surface area contributed by atoms with E-state index in [9.17, 15) is 35.8 Å². The summed E-state index contributed by atoms with van der Waals surface area (Å²) in [5, 5.41) is 11.0.